The van der Waals surface area contributed by atoms with Crippen molar-refractivity contribution in [3.8, 4) is 11.5 Å². The summed E-state index contributed by atoms with van der Waals surface area (Å²) in [6, 6.07) is 6.05. The molecule has 0 aliphatic carbocycles. The Morgan fingerprint density at radius 1 is 1.14 bits per heavy atom. The van der Waals surface area contributed by atoms with Gasteiger partial charge in [0, 0.05) is 36.0 Å². The number of aromatic nitrogens is 1. The zero-order chi connectivity index (χ0) is 21.3. The Kier molecular flexibility index (Phi) is 8.76. The summed E-state index contributed by atoms with van der Waals surface area (Å²) >= 11 is 1.79. The average molecular weight is 419 g/mol. The molecule has 2 rings (SSSR count). The number of guanidine groups is 1. The molecule has 6 nitrogen and oxygen atoms in total. The van der Waals surface area contributed by atoms with Crippen LogP contribution in [-0.2, 0) is 18.3 Å². The van der Waals surface area contributed by atoms with E-state index in [-0.39, 0.29) is 5.41 Å². The molecule has 0 fully saturated rings. The molecule has 1 aromatic heterocycles. The fraction of sp³-hybridized carbons (Fsp3) is 0.545. The van der Waals surface area contributed by atoms with Crippen molar-refractivity contribution >= 4 is 17.3 Å². The van der Waals surface area contributed by atoms with Crippen molar-refractivity contribution in [2.75, 3.05) is 33.9 Å². The predicted molar refractivity (Wildman–Crippen MR) is 122 cm³/mol. The van der Waals surface area contributed by atoms with E-state index >= 15 is 0 Å². The number of aliphatic imine (C=N–C) groups is 1. The van der Waals surface area contributed by atoms with Gasteiger partial charge in [-0.3, -0.25) is 4.99 Å². The molecular formula is C22H34N4O2S. The number of aryl methyl sites for hydroxylation is 1. The number of benzene rings is 1. The molecule has 0 aliphatic heterocycles. The molecule has 0 atom stereocenters. The minimum Gasteiger partial charge on any atom is -0.493 e. The highest BCUT2D eigenvalue weighted by atomic mass is 32.1. The van der Waals surface area contributed by atoms with Gasteiger partial charge >= 0.3 is 0 Å². The SMILES string of the molecule is CCNC(=NCC(C)(C)c1ccc(OC)c(OC)c1)NCCc1ncc(CC)s1. The van der Waals surface area contributed by atoms with Gasteiger partial charge in [-0.15, -0.1) is 11.3 Å². The van der Waals surface area contributed by atoms with Crippen LogP contribution in [0, 0.1) is 0 Å². The van der Waals surface area contributed by atoms with E-state index < -0.39 is 0 Å². The van der Waals surface area contributed by atoms with Crippen LogP contribution in [0.1, 0.15) is 43.1 Å². The molecule has 0 radical (unpaired) electrons. The molecule has 2 aromatic rings. The molecular weight excluding hydrogens is 384 g/mol. The summed E-state index contributed by atoms with van der Waals surface area (Å²) in [5.74, 6) is 2.30. The maximum absolute atomic E-state index is 5.45. The zero-order valence-corrected chi connectivity index (χ0v) is 19.3. The number of nitrogens with one attached hydrogen (secondary N) is 2. The van der Waals surface area contributed by atoms with Crippen LogP contribution in [0.2, 0.25) is 0 Å². The third kappa shape index (κ3) is 6.63. The van der Waals surface area contributed by atoms with Gasteiger partial charge < -0.3 is 20.1 Å². The highest BCUT2D eigenvalue weighted by Crippen LogP contribution is 2.33. The molecule has 0 aliphatic rings. The molecule has 0 saturated heterocycles. The van der Waals surface area contributed by atoms with Gasteiger partial charge in [0.15, 0.2) is 17.5 Å². The minimum atomic E-state index is -0.146. The van der Waals surface area contributed by atoms with Crippen LogP contribution in [0.5, 0.6) is 11.5 Å². The van der Waals surface area contributed by atoms with Crippen molar-refractivity contribution in [1.82, 2.24) is 15.6 Å². The number of rotatable bonds is 10. The summed E-state index contributed by atoms with van der Waals surface area (Å²) in [5.41, 5.74) is 1.01. The number of methoxy groups -OCH3 is 2. The highest BCUT2D eigenvalue weighted by Gasteiger charge is 2.22. The summed E-state index contributed by atoms with van der Waals surface area (Å²) < 4.78 is 10.8. The van der Waals surface area contributed by atoms with Crippen LogP contribution in [0.4, 0.5) is 0 Å². The summed E-state index contributed by atoms with van der Waals surface area (Å²) in [5, 5.41) is 7.91. The molecule has 0 amide bonds. The van der Waals surface area contributed by atoms with E-state index in [4.69, 9.17) is 14.5 Å². The van der Waals surface area contributed by atoms with Gasteiger partial charge in [-0.05, 0) is 31.0 Å². The number of thiazole rings is 1. The second-order valence-corrected chi connectivity index (χ2v) is 8.60. The van der Waals surface area contributed by atoms with Crippen molar-refractivity contribution in [3.05, 3.63) is 39.8 Å². The first-order valence-corrected chi connectivity index (χ1v) is 10.9. The van der Waals surface area contributed by atoms with Gasteiger partial charge in [0.05, 0.1) is 25.8 Å². The van der Waals surface area contributed by atoms with E-state index in [1.165, 1.54) is 4.88 Å². The molecule has 7 heteroatoms. The predicted octanol–water partition coefficient (Wildman–Crippen LogP) is 3.80. The second-order valence-electron chi connectivity index (χ2n) is 7.40. The van der Waals surface area contributed by atoms with Gasteiger partial charge in [0.1, 0.15) is 0 Å². The minimum absolute atomic E-state index is 0.146. The molecule has 29 heavy (non-hydrogen) atoms. The van der Waals surface area contributed by atoms with Crippen LogP contribution in [-0.4, -0.2) is 44.8 Å². The van der Waals surface area contributed by atoms with E-state index in [9.17, 15) is 0 Å². The van der Waals surface area contributed by atoms with Gasteiger partial charge in [-0.1, -0.05) is 26.8 Å². The third-order valence-corrected chi connectivity index (χ3v) is 5.92. The van der Waals surface area contributed by atoms with Crippen LogP contribution >= 0.6 is 11.3 Å². The average Bonchev–Trinajstić information content (AvgIpc) is 3.19. The third-order valence-electron chi connectivity index (χ3n) is 4.72. The second kappa shape index (κ2) is 11.0. The Morgan fingerprint density at radius 2 is 1.90 bits per heavy atom. The van der Waals surface area contributed by atoms with Gasteiger partial charge in [-0.2, -0.15) is 0 Å². The van der Waals surface area contributed by atoms with Crippen LogP contribution < -0.4 is 20.1 Å². The lowest BCUT2D eigenvalue weighted by atomic mass is 9.84. The van der Waals surface area contributed by atoms with E-state index in [1.54, 1.807) is 25.6 Å². The monoisotopic (exact) mass is 418 g/mol. The van der Waals surface area contributed by atoms with Crippen molar-refractivity contribution in [2.45, 2.75) is 46.0 Å². The first-order chi connectivity index (χ1) is 13.9. The Hall–Kier alpha value is -2.28. The number of ether oxygens (including phenoxy) is 2. The Morgan fingerprint density at radius 3 is 2.52 bits per heavy atom. The van der Waals surface area contributed by atoms with Crippen LogP contribution in [0.25, 0.3) is 0 Å². The fourth-order valence-electron chi connectivity index (χ4n) is 2.88. The van der Waals surface area contributed by atoms with Gasteiger partial charge in [-0.25, -0.2) is 4.98 Å². The Labute approximate surface area is 178 Å². The largest absolute Gasteiger partial charge is 0.493 e. The number of hydrogen-bond acceptors (Lipinski definition) is 5. The summed E-state index contributed by atoms with van der Waals surface area (Å²) in [6.45, 7) is 10.9. The standard InChI is InChI=1S/C22H34N4O2S/c1-7-17-14-25-20(29-17)11-12-24-21(23-8-2)26-15-22(3,4)16-9-10-18(27-5)19(13-16)28-6/h9-10,13-14H,7-8,11-12,15H2,1-6H3,(H2,23,24,26). The smallest absolute Gasteiger partial charge is 0.191 e. The molecule has 0 bridgehead atoms. The fourth-order valence-corrected chi connectivity index (χ4v) is 3.74. The quantitative estimate of drug-likeness (QED) is 0.454. The molecule has 2 N–H and O–H groups in total. The summed E-state index contributed by atoms with van der Waals surface area (Å²) in [7, 11) is 3.31. The molecule has 160 valence electrons. The number of hydrogen-bond donors (Lipinski definition) is 2. The van der Waals surface area contributed by atoms with Crippen molar-refractivity contribution in [2.24, 2.45) is 4.99 Å². The van der Waals surface area contributed by atoms with Crippen LogP contribution in [0.15, 0.2) is 29.4 Å². The first kappa shape index (κ1) is 23.0. The molecule has 1 aromatic carbocycles. The molecule has 1 heterocycles. The van der Waals surface area contributed by atoms with E-state index in [0.29, 0.717) is 6.54 Å². The zero-order valence-electron chi connectivity index (χ0n) is 18.5. The van der Waals surface area contributed by atoms with Gasteiger partial charge in [0.25, 0.3) is 0 Å². The van der Waals surface area contributed by atoms with E-state index in [1.807, 2.05) is 18.3 Å². The van der Waals surface area contributed by atoms with Crippen molar-refractivity contribution in [3.63, 3.8) is 0 Å². The van der Waals surface area contributed by atoms with Crippen LogP contribution in [0.3, 0.4) is 0 Å². The van der Waals surface area contributed by atoms with Crippen molar-refractivity contribution < 1.29 is 9.47 Å². The maximum atomic E-state index is 5.45. The lowest BCUT2D eigenvalue weighted by Gasteiger charge is -2.25. The molecule has 0 spiro atoms. The van der Waals surface area contributed by atoms with Gasteiger partial charge in [0.2, 0.25) is 0 Å². The summed E-state index contributed by atoms with van der Waals surface area (Å²) in [6.07, 6.45) is 3.92. The van der Waals surface area contributed by atoms with Crippen molar-refractivity contribution in [1.29, 1.82) is 0 Å². The first-order valence-electron chi connectivity index (χ1n) is 10.1. The highest BCUT2D eigenvalue weighted by molar-refractivity contribution is 7.11. The summed E-state index contributed by atoms with van der Waals surface area (Å²) in [4.78, 5) is 10.6. The Balaban J connectivity index is 2.01. The number of nitrogens with zero attached hydrogens (tertiary/aromatic N) is 2. The Bertz CT molecular complexity index is 802. The lowest BCUT2D eigenvalue weighted by molar-refractivity contribution is 0.353. The molecule has 0 unspecified atom stereocenters. The van der Waals surface area contributed by atoms with E-state index in [2.05, 4.69) is 49.4 Å². The maximum Gasteiger partial charge on any atom is 0.191 e. The topological polar surface area (TPSA) is 67.8 Å². The lowest BCUT2D eigenvalue weighted by Crippen LogP contribution is -2.39. The van der Waals surface area contributed by atoms with E-state index in [0.717, 1.165) is 54.0 Å². The normalized spacial score (nSPS) is 12.0. The molecule has 0 saturated carbocycles.